The molecule has 0 amide bonds. The van der Waals surface area contributed by atoms with Crippen molar-refractivity contribution >= 4 is 16.7 Å². The SMILES string of the molecule is Cc1ccccc1CNc1nccc2c(C)c(C)n(CC(C)C)c12. The Balaban J connectivity index is 2.01. The Morgan fingerprint density at radius 1 is 1.08 bits per heavy atom. The van der Waals surface area contributed by atoms with Crippen molar-refractivity contribution in [1.82, 2.24) is 9.55 Å². The van der Waals surface area contributed by atoms with Crippen LogP contribution in [0.3, 0.4) is 0 Å². The van der Waals surface area contributed by atoms with Gasteiger partial charge in [-0.2, -0.15) is 0 Å². The first-order chi connectivity index (χ1) is 11.5. The third-order valence-electron chi connectivity index (χ3n) is 4.80. The van der Waals surface area contributed by atoms with Gasteiger partial charge >= 0.3 is 0 Å². The number of rotatable bonds is 5. The molecule has 0 bridgehead atoms. The molecule has 2 heterocycles. The highest BCUT2D eigenvalue weighted by Crippen LogP contribution is 2.30. The molecule has 0 aliphatic heterocycles. The molecule has 126 valence electrons. The summed E-state index contributed by atoms with van der Waals surface area (Å²) in [4.78, 5) is 4.64. The van der Waals surface area contributed by atoms with Crippen LogP contribution in [0, 0.1) is 26.7 Å². The lowest BCUT2D eigenvalue weighted by atomic mass is 10.1. The predicted octanol–water partition coefficient (Wildman–Crippen LogP) is 5.23. The number of aryl methyl sites for hydroxylation is 2. The van der Waals surface area contributed by atoms with Gasteiger partial charge in [0.25, 0.3) is 0 Å². The highest BCUT2D eigenvalue weighted by Gasteiger charge is 2.16. The Hall–Kier alpha value is -2.29. The number of nitrogens with one attached hydrogen (secondary N) is 1. The number of hydrogen-bond donors (Lipinski definition) is 1. The van der Waals surface area contributed by atoms with Gasteiger partial charge in [-0.3, -0.25) is 0 Å². The zero-order chi connectivity index (χ0) is 17.3. The van der Waals surface area contributed by atoms with Gasteiger partial charge in [0.2, 0.25) is 0 Å². The maximum atomic E-state index is 4.64. The normalized spacial score (nSPS) is 11.4. The summed E-state index contributed by atoms with van der Waals surface area (Å²) in [6.07, 6.45) is 1.91. The number of fused-ring (bicyclic) bond motifs is 1. The lowest BCUT2D eigenvalue weighted by Gasteiger charge is -2.14. The molecule has 3 aromatic rings. The van der Waals surface area contributed by atoms with Crippen LogP contribution in [0.1, 0.15) is 36.2 Å². The van der Waals surface area contributed by atoms with Crippen molar-refractivity contribution < 1.29 is 0 Å². The van der Waals surface area contributed by atoms with Crippen LogP contribution in [0.5, 0.6) is 0 Å². The first-order valence-electron chi connectivity index (χ1n) is 8.71. The van der Waals surface area contributed by atoms with Crippen LogP contribution >= 0.6 is 0 Å². The molecule has 3 heteroatoms. The van der Waals surface area contributed by atoms with Crippen molar-refractivity contribution in [2.24, 2.45) is 5.92 Å². The van der Waals surface area contributed by atoms with Crippen LogP contribution in [-0.2, 0) is 13.1 Å². The highest BCUT2D eigenvalue weighted by molar-refractivity contribution is 5.93. The largest absolute Gasteiger partial charge is 0.364 e. The van der Waals surface area contributed by atoms with E-state index >= 15 is 0 Å². The van der Waals surface area contributed by atoms with Crippen molar-refractivity contribution in [2.75, 3.05) is 5.32 Å². The fourth-order valence-corrected chi connectivity index (χ4v) is 3.30. The first-order valence-corrected chi connectivity index (χ1v) is 8.71. The fraction of sp³-hybridized carbons (Fsp3) is 0.381. The van der Waals surface area contributed by atoms with E-state index in [0.717, 1.165) is 18.9 Å². The molecule has 0 saturated carbocycles. The van der Waals surface area contributed by atoms with Gasteiger partial charge in [-0.05, 0) is 49.4 Å². The molecule has 0 radical (unpaired) electrons. The van der Waals surface area contributed by atoms with E-state index in [1.807, 2.05) is 6.20 Å². The van der Waals surface area contributed by atoms with E-state index in [2.05, 4.69) is 79.8 Å². The molecule has 0 spiro atoms. The van der Waals surface area contributed by atoms with Crippen LogP contribution in [0.25, 0.3) is 10.9 Å². The van der Waals surface area contributed by atoms with Crippen molar-refractivity contribution in [3.8, 4) is 0 Å². The molecule has 0 aliphatic carbocycles. The lowest BCUT2D eigenvalue weighted by Crippen LogP contribution is -2.09. The molecule has 1 aromatic carbocycles. The maximum absolute atomic E-state index is 4.64. The van der Waals surface area contributed by atoms with Crippen molar-refractivity contribution in [2.45, 2.75) is 47.7 Å². The Morgan fingerprint density at radius 3 is 2.54 bits per heavy atom. The molecule has 24 heavy (non-hydrogen) atoms. The minimum absolute atomic E-state index is 0.600. The Labute approximate surface area is 144 Å². The molecule has 3 nitrogen and oxygen atoms in total. The van der Waals surface area contributed by atoms with Crippen LogP contribution in [0.4, 0.5) is 5.82 Å². The summed E-state index contributed by atoms with van der Waals surface area (Å²) in [5, 5.41) is 4.87. The van der Waals surface area contributed by atoms with Gasteiger partial charge in [-0.25, -0.2) is 4.98 Å². The molecule has 0 saturated heterocycles. The summed E-state index contributed by atoms with van der Waals surface area (Å²) in [6.45, 7) is 12.9. The first kappa shape index (κ1) is 16.6. The standard InChI is InChI=1S/C21H27N3/c1-14(2)13-24-17(5)16(4)19-10-11-22-21(20(19)24)23-12-18-9-7-6-8-15(18)3/h6-11,14H,12-13H2,1-5H3,(H,22,23). The molecule has 0 fully saturated rings. The average Bonchev–Trinajstić information content (AvgIpc) is 2.79. The monoisotopic (exact) mass is 321 g/mol. The molecule has 2 aromatic heterocycles. The van der Waals surface area contributed by atoms with Gasteiger partial charge in [0.05, 0.1) is 5.52 Å². The summed E-state index contributed by atoms with van der Waals surface area (Å²) < 4.78 is 2.42. The molecule has 0 unspecified atom stereocenters. The van der Waals surface area contributed by atoms with E-state index < -0.39 is 0 Å². The topological polar surface area (TPSA) is 29.9 Å². The summed E-state index contributed by atoms with van der Waals surface area (Å²) in [5.74, 6) is 1.58. The highest BCUT2D eigenvalue weighted by atomic mass is 15.1. The van der Waals surface area contributed by atoms with Gasteiger partial charge in [0.1, 0.15) is 0 Å². The fourth-order valence-electron chi connectivity index (χ4n) is 3.30. The zero-order valence-electron chi connectivity index (χ0n) is 15.4. The number of pyridine rings is 1. The third kappa shape index (κ3) is 3.03. The number of benzene rings is 1. The predicted molar refractivity (Wildman–Crippen MR) is 103 cm³/mol. The second-order valence-corrected chi connectivity index (χ2v) is 7.05. The minimum Gasteiger partial charge on any atom is -0.364 e. The van der Waals surface area contributed by atoms with E-state index in [0.29, 0.717) is 5.92 Å². The van der Waals surface area contributed by atoms with Crippen LogP contribution in [0.15, 0.2) is 36.5 Å². The Bertz CT molecular complexity index is 859. The molecular formula is C21H27N3. The minimum atomic E-state index is 0.600. The second-order valence-electron chi connectivity index (χ2n) is 7.05. The maximum Gasteiger partial charge on any atom is 0.150 e. The average molecular weight is 321 g/mol. The van der Waals surface area contributed by atoms with Gasteiger partial charge in [-0.15, -0.1) is 0 Å². The van der Waals surface area contributed by atoms with E-state index in [-0.39, 0.29) is 0 Å². The van der Waals surface area contributed by atoms with E-state index in [9.17, 15) is 0 Å². The van der Waals surface area contributed by atoms with Crippen molar-refractivity contribution in [1.29, 1.82) is 0 Å². The molecule has 0 atom stereocenters. The Kier molecular flexibility index (Phi) is 4.61. The molecular weight excluding hydrogens is 294 g/mol. The summed E-state index contributed by atoms with van der Waals surface area (Å²) >= 11 is 0. The van der Waals surface area contributed by atoms with E-state index in [4.69, 9.17) is 0 Å². The van der Waals surface area contributed by atoms with Gasteiger partial charge in [0.15, 0.2) is 5.82 Å². The van der Waals surface area contributed by atoms with Crippen molar-refractivity contribution in [3.05, 3.63) is 58.9 Å². The van der Waals surface area contributed by atoms with Gasteiger partial charge in [0, 0.05) is 30.4 Å². The molecule has 0 aliphatic rings. The zero-order valence-corrected chi connectivity index (χ0v) is 15.4. The smallest absolute Gasteiger partial charge is 0.150 e. The summed E-state index contributed by atoms with van der Waals surface area (Å²) in [5.41, 5.74) is 6.54. The second kappa shape index (κ2) is 6.68. The van der Waals surface area contributed by atoms with Gasteiger partial charge < -0.3 is 9.88 Å². The number of anilines is 1. The molecule has 3 rings (SSSR count). The van der Waals surface area contributed by atoms with Crippen LogP contribution in [-0.4, -0.2) is 9.55 Å². The summed E-state index contributed by atoms with van der Waals surface area (Å²) in [6, 6.07) is 10.6. The number of hydrogen-bond acceptors (Lipinski definition) is 2. The summed E-state index contributed by atoms with van der Waals surface area (Å²) in [7, 11) is 0. The lowest BCUT2D eigenvalue weighted by molar-refractivity contribution is 0.527. The van der Waals surface area contributed by atoms with Crippen LogP contribution < -0.4 is 5.32 Å². The Morgan fingerprint density at radius 2 is 1.83 bits per heavy atom. The number of nitrogens with zero attached hydrogens (tertiary/aromatic N) is 2. The quantitative estimate of drug-likeness (QED) is 0.697. The van der Waals surface area contributed by atoms with Gasteiger partial charge in [-0.1, -0.05) is 38.1 Å². The van der Waals surface area contributed by atoms with E-state index in [1.54, 1.807) is 0 Å². The van der Waals surface area contributed by atoms with E-state index in [1.165, 1.54) is 33.3 Å². The van der Waals surface area contributed by atoms with Crippen molar-refractivity contribution in [3.63, 3.8) is 0 Å². The molecule has 1 N–H and O–H groups in total. The third-order valence-corrected chi connectivity index (χ3v) is 4.80. The number of aromatic nitrogens is 2. The van der Waals surface area contributed by atoms with Crippen LogP contribution in [0.2, 0.25) is 0 Å².